The van der Waals surface area contributed by atoms with Crippen LogP contribution in [0, 0.1) is 0 Å². The van der Waals surface area contributed by atoms with Gasteiger partial charge in [-0.2, -0.15) is 0 Å². The monoisotopic (exact) mass is 255 g/mol. The Morgan fingerprint density at radius 1 is 1.57 bits per heavy atom. The molecule has 1 N–H and O–H groups in total. The average molecular weight is 256 g/mol. The lowest BCUT2D eigenvalue weighted by atomic mass is 10.0. The molecule has 0 heterocycles. The summed E-state index contributed by atoms with van der Waals surface area (Å²) in [5, 5.41) is 2.81. The summed E-state index contributed by atoms with van der Waals surface area (Å²) in [5.74, 6) is -0.0157. The van der Waals surface area contributed by atoms with Crippen molar-refractivity contribution in [1.29, 1.82) is 0 Å². The molecule has 0 radical (unpaired) electrons. The SMILES string of the molecule is CCNC(=O)C(C)c1cccc(Br)c1. The minimum absolute atomic E-state index is 0.0746. The number of amides is 1. The molecule has 0 aliphatic carbocycles. The van der Waals surface area contributed by atoms with Gasteiger partial charge in [0, 0.05) is 11.0 Å². The molecule has 0 saturated heterocycles. The van der Waals surface area contributed by atoms with Gasteiger partial charge in [-0.25, -0.2) is 0 Å². The van der Waals surface area contributed by atoms with Crippen molar-refractivity contribution in [2.75, 3.05) is 6.54 Å². The fraction of sp³-hybridized carbons (Fsp3) is 0.364. The molecule has 1 atom stereocenters. The van der Waals surface area contributed by atoms with Gasteiger partial charge >= 0.3 is 0 Å². The highest BCUT2D eigenvalue weighted by Gasteiger charge is 2.13. The highest BCUT2D eigenvalue weighted by atomic mass is 79.9. The molecule has 76 valence electrons. The van der Waals surface area contributed by atoms with Crippen molar-refractivity contribution in [3.8, 4) is 0 Å². The summed E-state index contributed by atoms with van der Waals surface area (Å²) in [4.78, 5) is 11.5. The van der Waals surface area contributed by atoms with Crippen LogP contribution in [0.15, 0.2) is 28.7 Å². The topological polar surface area (TPSA) is 29.1 Å². The number of carbonyl (C=O) groups is 1. The van der Waals surface area contributed by atoms with Crippen LogP contribution in [0.25, 0.3) is 0 Å². The Bertz CT molecular complexity index is 325. The Labute approximate surface area is 92.8 Å². The molecule has 0 bridgehead atoms. The van der Waals surface area contributed by atoms with Crippen LogP contribution in [0.3, 0.4) is 0 Å². The van der Waals surface area contributed by atoms with E-state index in [4.69, 9.17) is 0 Å². The molecule has 1 rings (SSSR count). The molecule has 0 aromatic heterocycles. The van der Waals surface area contributed by atoms with Crippen LogP contribution < -0.4 is 5.32 Å². The first-order valence-corrected chi connectivity index (χ1v) is 5.47. The molecular weight excluding hydrogens is 242 g/mol. The van der Waals surface area contributed by atoms with E-state index in [1.54, 1.807) is 0 Å². The van der Waals surface area contributed by atoms with Gasteiger partial charge in [-0.3, -0.25) is 4.79 Å². The maximum absolute atomic E-state index is 11.5. The minimum atomic E-state index is -0.0903. The quantitative estimate of drug-likeness (QED) is 0.885. The molecule has 2 nitrogen and oxygen atoms in total. The summed E-state index contributed by atoms with van der Waals surface area (Å²) in [5.41, 5.74) is 1.03. The number of halogens is 1. The van der Waals surface area contributed by atoms with Crippen molar-refractivity contribution in [3.63, 3.8) is 0 Å². The van der Waals surface area contributed by atoms with Gasteiger partial charge in [0.25, 0.3) is 0 Å². The van der Waals surface area contributed by atoms with Gasteiger partial charge in [-0.1, -0.05) is 28.1 Å². The Hall–Kier alpha value is -0.830. The van der Waals surface area contributed by atoms with E-state index in [1.807, 2.05) is 38.1 Å². The van der Waals surface area contributed by atoms with E-state index in [0.717, 1.165) is 10.0 Å². The minimum Gasteiger partial charge on any atom is -0.356 e. The zero-order chi connectivity index (χ0) is 10.6. The van der Waals surface area contributed by atoms with Crippen LogP contribution in [0.5, 0.6) is 0 Å². The average Bonchev–Trinajstić information content (AvgIpc) is 2.17. The Morgan fingerprint density at radius 2 is 2.29 bits per heavy atom. The van der Waals surface area contributed by atoms with Crippen molar-refractivity contribution >= 4 is 21.8 Å². The number of nitrogens with one attached hydrogen (secondary N) is 1. The van der Waals surface area contributed by atoms with Crippen molar-refractivity contribution in [2.24, 2.45) is 0 Å². The second-order valence-corrected chi connectivity index (χ2v) is 4.09. The lowest BCUT2D eigenvalue weighted by Crippen LogP contribution is -2.27. The number of benzene rings is 1. The first kappa shape index (κ1) is 11.2. The second-order valence-electron chi connectivity index (χ2n) is 3.17. The summed E-state index contributed by atoms with van der Waals surface area (Å²) in [6, 6.07) is 7.83. The van der Waals surface area contributed by atoms with E-state index < -0.39 is 0 Å². The van der Waals surface area contributed by atoms with Crippen LogP contribution in [0.4, 0.5) is 0 Å². The zero-order valence-corrected chi connectivity index (χ0v) is 9.97. The lowest BCUT2D eigenvalue weighted by Gasteiger charge is -2.11. The molecule has 0 aliphatic heterocycles. The number of hydrogen-bond donors (Lipinski definition) is 1. The summed E-state index contributed by atoms with van der Waals surface area (Å²) in [6.07, 6.45) is 0. The summed E-state index contributed by atoms with van der Waals surface area (Å²) >= 11 is 3.39. The van der Waals surface area contributed by atoms with Crippen LogP contribution in [0.1, 0.15) is 25.3 Å². The van der Waals surface area contributed by atoms with Gasteiger partial charge in [-0.15, -0.1) is 0 Å². The highest BCUT2D eigenvalue weighted by molar-refractivity contribution is 9.10. The summed E-state index contributed by atoms with van der Waals surface area (Å²) in [7, 11) is 0. The maximum Gasteiger partial charge on any atom is 0.227 e. The summed E-state index contributed by atoms with van der Waals surface area (Å²) < 4.78 is 1.01. The van der Waals surface area contributed by atoms with Crippen molar-refractivity contribution < 1.29 is 4.79 Å². The zero-order valence-electron chi connectivity index (χ0n) is 8.38. The van der Waals surface area contributed by atoms with E-state index in [-0.39, 0.29) is 11.8 Å². The van der Waals surface area contributed by atoms with Gasteiger partial charge in [0.05, 0.1) is 5.92 Å². The van der Waals surface area contributed by atoms with E-state index in [1.165, 1.54) is 0 Å². The smallest absolute Gasteiger partial charge is 0.227 e. The number of rotatable bonds is 3. The predicted octanol–water partition coefficient (Wildman–Crippen LogP) is 2.69. The molecule has 0 aliphatic rings. The third-order valence-electron chi connectivity index (χ3n) is 2.09. The molecular formula is C11H14BrNO. The van der Waals surface area contributed by atoms with E-state index in [0.29, 0.717) is 6.54 Å². The number of carbonyl (C=O) groups excluding carboxylic acids is 1. The third-order valence-corrected chi connectivity index (χ3v) is 2.59. The van der Waals surface area contributed by atoms with Crippen molar-refractivity contribution in [1.82, 2.24) is 5.32 Å². The molecule has 0 spiro atoms. The lowest BCUT2D eigenvalue weighted by molar-refractivity contribution is -0.122. The Morgan fingerprint density at radius 3 is 2.86 bits per heavy atom. The molecule has 0 saturated carbocycles. The van der Waals surface area contributed by atoms with Crippen molar-refractivity contribution in [2.45, 2.75) is 19.8 Å². The molecule has 3 heteroatoms. The van der Waals surface area contributed by atoms with Crippen molar-refractivity contribution in [3.05, 3.63) is 34.3 Å². The van der Waals surface area contributed by atoms with Crippen LogP contribution >= 0.6 is 15.9 Å². The number of likely N-dealkylation sites (N-methyl/N-ethyl adjacent to an activating group) is 1. The van der Waals surface area contributed by atoms with Gasteiger partial charge in [0.1, 0.15) is 0 Å². The largest absolute Gasteiger partial charge is 0.356 e. The first-order chi connectivity index (χ1) is 6.65. The van der Waals surface area contributed by atoms with Gasteiger partial charge in [0.2, 0.25) is 5.91 Å². The van der Waals surface area contributed by atoms with E-state index in [2.05, 4.69) is 21.2 Å². The summed E-state index contributed by atoms with van der Waals surface area (Å²) in [6.45, 7) is 4.51. The van der Waals surface area contributed by atoms with Crippen LogP contribution in [-0.4, -0.2) is 12.5 Å². The van der Waals surface area contributed by atoms with Crippen LogP contribution in [0.2, 0.25) is 0 Å². The fourth-order valence-electron chi connectivity index (χ4n) is 1.25. The standard InChI is InChI=1S/C11H14BrNO/c1-3-13-11(14)8(2)9-5-4-6-10(12)7-9/h4-8H,3H2,1-2H3,(H,13,14). The van der Waals surface area contributed by atoms with Gasteiger partial charge in [0.15, 0.2) is 0 Å². The molecule has 1 amide bonds. The predicted molar refractivity (Wildman–Crippen MR) is 61.2 cm³/mol. The Kier molecular flexibility index (Phi) is 4.14. The molecule has 1 unspecified atom stereocenters. The third kappa shape index (κ3) is 2.84. The molecule has 1 aromatic carbocycles. The van der Waals surface area contributed by atoms with Gasteiger partial charge < -0.3 is 5.32 Å². The fourth-order valence-corrected chi connectivity index (χ4v) is 1.67. The van der Waals surface area contributed by atoms with Crippen LogP contribution in [-0.2, 0) is 4.79 Å². The first-order valence-electron chi connectivity index (χ1n) is 4.68. The van der Waals surface area contributed by atoms with E-state index in [9.17, 15) is 4.79 Å². The second kappa shape index (κ2) is 5.15. The number of hydrogen-bond acceptors (Lipinski definition) is 1. The normalized spacial score (nSPS) is 12.2. The highest BCUT2D eigenvalue weighted by Crippen LogP contribution is 2.19. The molecule has 1 aromatic rings. The molecule has 14 heavy (non-hydrogen) atoms. The maximum atomic E-state index is 11.5. The molecule has 0 fully saturated rings. The van der Waals surface area contributed by atoms with E-state index >= 15 is 0 Å². The Balaban J connectivity index is 2.78. The van der Waals surface area contributed by atoms with Gasteiger partial charge in [-0.05, 0) is 31.5 Å².